The molecule has 4 atom stereocenters. The van der Waals surface area contributed by atoms with Crippen LogP contribution in [0.3, 0.4) is 0 Å². The average Bonchev–Trinajstić information content (AvgIpc) is 3.43. The number of nitrogens with two attached hydrogens (primary N) is 3. The highest BCUT2D eigenvalue weighted by Crippen LogP contribution is 2.08. The number of aromatic nitrogens is 2. The van der Waals surface area contributed by atoms with Crippen molar-refractivity contribution in [2.75, 3.05) is 6.54 Å². The standard InChI is InChI=1S/C26H38N8O6/c27-11-5-4-8-19(32-23(36)18(28)13-17-14-30-15-31-17)24(37)33-20(9-10-22(29)35)25(38)34-21(26(39)40)12-16-6-2-1-3-7-16/h1-3,6-7,14-15,18-21H,4-5,8-13,27-28H2,(H2,29,35)(H,30,31)(H,32,36)(H,33,37)(H,34,38)(H,39,40). The fraction of sp³-hybridized carbons (Fsp3) is 0.462. The summed E-state index contributed by atoms with van der Waals surface area (Å²) in [5, 5.41) is 17.3. The van der Waals surface area contributed by atoms with Gasteiger partial charge in [0.25, 0.3) is 0 Å². The zero-order chi connectivity index (χ0) is 29.5. The summed E-state index contributed by atoms with van der Waals surface area (Å²) in [4.78, 5) is 69.2. The number of carbonyl (C=O) groups excluding carboxylic acids is 4. The number of aliphatic carboxylic acids is 1. The molecule has 0 aliphatic rings. The van der Waals surface area contributed by atoms with Gasteiger partial charge in [0.2, 0.25) is 23.6 Å². The van der Waals surface area contributed by atoms with E-state index in [0.29, 0.717) is 30.6 Å². The SMILES string of the molecule is NCCCCC(NC(=O)C(N)Cc1cnc[nH]1)C(=O)NC(CCC(N)=O)C(=O)NC(Cc1ccccc1)C(=O)O. The lowest BCUT2D eigenvalue weighted by molar-refractivity contribution is -0.142. The van der Waals surface area contributed by atoms with Gasteiger partial charge in [-0.25, -0.2) is 9.78 Å². The maximum absolute atomic E-state index is 13.3. The molecule has 0 spiro atoms. The summed E-state index contributed by atoms with van der Waals surface area (Å²) in [5.74, 6) is -4.06. The molecule has 1 heterocycles. The van der Waals surface area contributed by atoms with Crippen molar-refractivity contribution in [3.63, 3.8) is 0 Å². The maximum atomic E-state index is 13.3. The molecule has 218 valence electrons. The van der Waals surface area contributed by atoms with Crippen LogP contribution in [-0.2, 0) is 36.8 Å². The largest absolute Gasteiger partial charge is 0.480 e. The van der Waals surface area contributed by atoms with Crippen molar-refractivity contribution >= 4 is 29.6 Å². The van der Waals surface area contributed by atoms with Crippen molar-refractivity contribution in [1.29, 1.82) is 0 Å². The lowest BCUT2D eigenvalue weighted by Crippen LogP contribution is -2.57. The van der Waals surface area contributed by atoms with Crippen molar-refractivity contribution in [2.24, 2.45) is 17.2 Å². The van der Waals surface area contributed by atoms with Crippen molar-refractivity contribution in [3.05, 3.63) is 54.1 Å². The number of imidazole rings is 1. The van der Waals surface area contributed by atoms with E-state index in [0.717, 1.165) is 0 Å². The number of primary amides is 1. The minimum absolute atomic E-state index is 0.00436. The van der Waals surface area contributed by atoms with Gasteiger partial charge < -0.3 is 43.2 Å². The highest BCUT2D eigenvalue weighted by molar-refractivity contribution is 5.94. The van der Waals surface area contributed by atoms with Crippen LogP contribution in [0, 0.1) is 0 Å². The molecule has 4 amide bonds. The van der Waals surface area contributed by atoms with Gasteiger partial charge in [-0.2, -0.15) is 0 Å². The van der Waals surface area contributed by atoms with Crippen molar-refractivity contribution in [3.8, 4) is 0 Å². The molecule has 0 bridgehead atoms. The molecule has 14 heteroatoms. The van der Waals surface area contributed by atoms with Crippen LogP contribution in [-0.4, -0.2) is 75.4 Å². The third kappa shape index (κ3) is 11.2. The van der Waals surface area contributed by atoms with E-state index in [-0.39, 0.29) is 32.1 Å². The summed E-state index contributed by atoms with van der Waals surface area (Å²) in [6.07, 6.45) is 4.03. The highest BCUT2D eigenvalue weighted by atomic mass is 16.4. The number of nitrogens with one attached hydrogen (secondary N) is 4. The quantitative estimate of drug-likeness (QED) is 0.0985. The molecule has 0 aliphatic carbocycles. The summed E-state index contributed by atoms with van der Waals surface area (Å²) >= 11 is 0. The molecule has 0 radical (unpaired) electrons. The monoisotopic (exact) mass is 558 g/mol. The molecular weight excluding hydrogens is 520 g/mol. The minimum Gasteiger partial charge on any atom is -0.480 e. The van der Waals surface area contributed by atoms with Crippen molar-refractivity contribution in [2.45, 2.75) is 69.1 Å². The normalized spacial score (nSPS) is 13.8. The Morgan fingerprint density at radius 3 is 2.08 bits per heavy atom. The molecular formula is C26H38N8O6. The van der Waals surface area contributed by atoms with Crippen LogP contribution in [0.25, 0.3) is 0 Å². The Hall–Kier alpha value is -4.30. The van der Waals surface area contributed by atoms with E-state index >= 15 is 0 Å². The predicted molar refractivity (Wildman–Crippen MR) is 145 cm³/mol. The van der Waals surface area contributed by atoms with Crippen molar-refractivity contribution < 1.29 is 29.1 Å². The Bertz CT molecular complexity index is 1110. The number of carboxylic acids is 1. The molecule has 1 aromatic carbocycles. The smallest absolute Gasteiger partial charge is 0.326 e. The molecule has 0 saturated heterocycles. The van der Waals surface area contributed by atoms with Gasteiger partial charge in [-0.1, -0.05) is 30.3 Å². The number of unbranched alkanes of at least 4 members (excludes halogenated alkanes) is 1. The van der Waals surface area contributed by atoms with Gasteiger partial charge in [-0.3, -0.25) is 19.2 Å². The first-order valence-corrected chi connectivity index (χ1v) is 13.0. The van der Waals surface area contributed by atoms with Crippen LogP contribution >= 0.6 is 0 Å². The van der Waals surface area contributed by atoms with E-state index in [1.165, 1.54) is 12.5 Å². The number of nitrogens with zero attached hydrogens (tertiary/aromatic N) is 1. The fourth-order valence-electron chi connectivity index (χ4n) is 3.92. The molecule has 1 aromatic heterocycles. The van der Waals surface area contributed by atoms with Gasteiger partial charge in [-0.05, 0) is 37.8 Å². The topological polar surface area (TPSA) is 248 Å². The van der Waals surface area contributed by atoms with Crippen LogP contribution in [0.4, 0.5) is 0 Å². The van der Waals surface area contributed by atoms with Gasteiger partial charge in [-0.15, -0.1) is 0 Å². The third-order valence-electron chi connectivity index (χ3n) is 6.12. The molecule has 11 N–H and O–H groups in total. The Balaban J connectivity index is 2.14. The molecule has 4 unspecified atom stereocenters. The van der Waals surface area contributed by atoms with Crippen LogP contribution in [0.5, 0.6) is 0 Å². The summed E-state index contributed by atoms with van der Waals surface area (Å²) in [6.45, 7) is 0.378. The van der Waals surface area contributed by atoms with Crippen LogP contribution in [0.1, 0.15) is 43.4 Å². The highest BCUT2D eigenvalue weighted by Gasteiger charge is 2.30. The first kappa shape index (κ1) is 31.9. The van der Waals surface area contributed by atoms with Crippen LogP contribution in [0.15, 0.2) is 42.9 Å². The van der Waals surface area contributed by atoms with Gasteiger partial charge >= 0.3 is 5.97 Å². The van der Waals surface area contributed by atoms with E-state index in [1.54, 1.807) is 30.3 Å². The molecule has 0 fully saturated rings. The number of amides is 4. The first-order chi connectivity index (χ1) is 19.1. The van der Waals surface area contributed by atoms with E-state index in [4.69, 9.17) is 17.2 Å². The van der Waals surface area contributed by atoms with Gasteiger partial charge in [0.05, 0.1) is 12.4 Å². The number of aromatic amines is 1. The average molecular weight is 559 g/mol. The predicted octanol–water partition coefficient (Wildman–Crippen LogP) is -1.54. The first-order valence-electron chi connectivity index (χ1n) is 13.0. The third-order valence-corrected chi connectivity index (χ3v) is 6.12. The number of hydrogen-bond acceptors (Lipinski definition) is 8. The minimum atomic E-state index is -1.29. The van der Waals surface area contributed by atoms with E-state index in [9.17, 15) is 29.1 Å². The molecule has 2 rings (SSSR count). The molecule has 2 aromatic rings. The maximum Gasteiger partial charge on any atom is 0.326 e. The van der Waals surface area contributed by atoms with E-state index < -0.39 is 53.8 Å². The van der Waals surface area contributed by atoms with E-state index in [2.05, 4.69) is 25.9 Å². The summed E-state index contributed by atoms with van der Waals surface area (Å²) in [5.41, 5.74) is 18.1. The Morgan fingerprint density at radius 2 is 1.50 bits per heavy atom. The summed E-state index contributed by atoms with van der Waals surface area (Å²) in [6, 6.07) is 4.09. The second kappa shape index (κ2) is 16.6. The number of H-pyrrole nitrogens is 1. The number of benzene rings is 1. The van der Waals surface area contributed by atoms with Gasteiger partial charge in [0.1, 0.15) is 18.1 Å². The lowest BCUT2D eigenvalue weighted by Gasteiger charge is -2.25. The van der Waals surface area contributed by atoms with Gasteiger partial charge in [0, 0.05) is 31.2 Å². The molecule has 40 heavy (non-hydrogen) atoms. The van der Waals surface area contributed by atoms with Crippen molar-refractivity contribution in [1.82, 2.24) is 25.9 Å². The Morgan fingerprint density at radius 1 is 0.875 bits per heavy atom. The number of hydrogen-bond donors (Lipinski definition) is 8. The number of carbonyl (C=O) groups is 5. The lowest BCUT2D eigenvalue weighted by atomic mass is 10.0. The number of carboxylic acid groups (broad SMARTS) is 1. The second-order valence-corrected chi connectivity index (χ2v) is 9.39. The van der Waals surface area contributed by atoms with Crippen LogP contribution in [0.2, 0.25) is 0 Å². The molecule has 0 saturated carbocycles. The zero-order valence-electron chi connectivity index (χ0n) is 22.2. The Kier molecular flexibility index (Phi) is 13.3. The molecule has 14 nitrogen and oxygen atoms in total. The second-order valence-electron chi connectivity index (χ2n) is 9.39. The summed E-state index contributed by atoms with van der Waals surface area (Å²) < 4.78 is 0. The van der Waals surface area contributed by atoms with Gasteiger partial charge in [0.15, 0.2) is 0 Å². The van der Waals surface area contributed by atoms with E-state index in [1.807, 2.05) is 0 Å². The Labute approximate surface area is 231 Å². The summed E-state index contributed by atoms with van der Waals surface area (Å²) in [7, 11) is 0. The zero-order valence-corrected chi connectivity index (χ0v) is 22.2. The van der Waals surface area contributed by atoms with Crippen LogP contribution < -0.4 is 33.2 Å². The fourth-order valence-corrected chi connectivity index (χ4v) is 3.92. The molecule has 0 aliphatic heterocycles. The number of rotatable bonds is 18.